The smallest absolute Gasteiger partial charge is 0.318 e. The van der Waals surface area contributed by atoms with Gasteiger partial charge in [0, 0.05) is 6.54 Å². The van der Waals surface area contributed by atoms with Crippen LogP contribution in [0.5, 0.6) is 0 Å². The molecular formula is C16H19ClN2O3. The molecule has 0 aliphatic rings. The lowest BCUT2D eigenvalue weighted by atomic mass is 10.1. The van der Waals surface area contributed by atoms with Crippen LogP contribution in [0, 0.1) is 0 Å². The summed E-state index contributed by atoms with van der Waals surface area (Å²) in [7, 11) is 0. The van der Waals surface area contributed by atoms with Gasteiger partial charge in [-0.15, -0.1) is 12.4 Å². The van der Waals surface area contributed by atoms with E-state index in [9.17, 15) is 4.79 Å². The Morgan fingerprint density at radius 3 is 2.14 bits per heavy atom. The van der Waals surface area contributed by atoms with E-state index in [1.165, 1.54) is 0 Å². The minimum Gasteiger partial charge on any atom is -0.318 e. The summed E-state index contributed by atoms with van der Waals surface area (Å²) in [6.07, 6.45) is 0.404. The van der Waals surface area contributed by atoms with Crippen LogP contribution in [-0.4, -0.2) is 12.0 Å². The average Bonchev–Trinajstić information content (AvgIpc) is 2.53. The van der Waals surface area contributed by atoms with Crippen LogP contribution in [0.15, 0.2) is 60.7 Å². The second kappa shape index (κ2) is 9.92. The topological polar surface area (TPSA) is 73.6 Å². The number of nitrogens with one attached hydrogen (secondary N) is 1. The van der Waals surface area contributed by atoms with E-state index in [-0.39, 0.29) is 12.4 Å². The highest BCUT2D eigenvalue weighted by atomic mass is 35.5. The highest BCUT2D eigenvalue weighted by Gasteiger charge is 2.16. The van der Waals surface area contributed by atoms with Gasteiger partial charge in [0.25, 0.3) is 0 Å². The Labute approximate surface area is 135 Å². The summed E-state index contributed by atoms with van der Waals surface area (Å²) < 4.78 is 0. The summed E-state index contributed by atoms with van der Waals surface area (Å²) in [6.45, 7) is 0.433. The van der Waals surface area contributed by atoms with Gasteiger partial charge in [0.1, 0.15) is 6.04 Å². The largest absolute Gasteiger partial charge is 0.361 e. The van der Waals surface area contributed by atoms with E-state index in [0.29, 0.717) is 13.0 Å². The number of rotatable bonds is 7. The summed E-state index contributed by atoms with van der Waals surface area (Å²) in [6, 6.07) is 18.4. The predicted molar refractivity (Wildman–Crippen MR) is 85.8 cm³/mol. The van der Waals surface area contributed by atoms with Crippen molar-refractivity contribution < 1.29 is 14.7 Å². The normalized spacial score (nSPS) is 11.3. The van der Waals surface area contributed by atoms with Gasteiger partial charge in [-0.2, -0.15) is 5.48 Å². The second-order valence-corrected chi connectivity index (χ2v) is 4.59. The van der Waals surface area contributed by atoms with E-state index in [1.54, 1.807) is 0 Å². The van der Waals surface area contributed by atoms with Crippen molar-refractivity contribution in [1.29, 1.82) is 0 Å². The van der Waals surface area contributed by atoms with Gasteiger partial charge in [-0.1, -0.05) is 65.7 Å². The van der Waals surface area contributed by atoms with Crippen molar-refractivity contribution in [3.63, 3.8) is 0 Å². The minimum absolute atomic E-state index is 0. The number of carbonyl (C=O) groups excluding carboxylic acids is 1. The average molecular weight is 323 g/mol. The van der Waals surface area contributed by atoms with Gasteiger partial charge < -0.3 is 5.73 Å². The van der Waals surface area contributed by atoms with Gasteiger partial charge in [-0.3, -0.25) is 4.89 Å². The molecule has 0 radical (unpaired) electrons. The quantitative estimate of drug-likeness (QED) is 0.464. The lowest BCUT2D eigenvalue weighted by Crippen LogP contribution is -2.35. The predicted octanol–water partition coefficient (Wildman–Crippen LogP) is 2.16. The number of carbonyl (C=O) groups is 1. The molecule has 2 aromatic carbocycles. The van der Waals surface area contributed by atoms with Crippen LogP contribution in [0.25, 0.3) is 0 Å². The van der Waals surface area contributed by atoms with E-state index in [1.807, 2.05) is 60.7 Å². The van der Waals surface area contributed by atoms with Gasteiger partial charge in [-0.25, -0.2) is 4.79 Å². The third-order valence-corrected chi connectivity index (χ3v) is 2.90. The van der Waals surface area contributed by atoms with Gasteiger partial charge >= 0.3 is 5.97 Å². The minimum atomic E-state index is -0.758. The zero-order valence-corrected chi connectivity index (χ0v) is 12.8. The monoisotopic (exact) mass is 322 g/mol. The molecule has 0 unspecified atom stereocenters. The summed E-state index contributed by atoms with van der Waals surface area (Å²) in [5.41, 5.74) is 10.3. The van der Waals surface area contributed by atoms with Gasteiger partial charge in [0.2, 0.25) is 0 Å². The molecule has 0 spiro atoms. The zero-order valence-electron chi connectivity index (χ0n) is 12.0. The van der Waals surface area contributed by atoms with Crippen molar-refractivity contribution in [3.8, 4) is 0 Å². The highest BCUT2D eigenvalue weighted by molar-refractivity contribution is 5.85. The summed E-state index contributed by atoms with van der Waals surface area (Å²) >= 11 is 0. The number of hydrogen-bond acceptors (Lipinski definition) is 5. The van der Waals surface area contributed by atoms with Gasteiger partial charge in [0.15, 0.2) is 0 Å². The molecule has 0 saturated heterocycles. The van der Waals surface area contributed by atoms with Crippen LogP contribution in [0.1, 0.15) is 11.1 Å². The fraction of sp³-hybridized carbons (Fsp3) is 0.188. The van der Waals surface area contributed by atoms with Crippen LogP contribution in [0.3, 0.4) is 0 Å². The maximum Gasteiger partial charge on any atom is 0.361 e. The maximum atomic E-state index is 11.6. The number of hydroxylamine groups is 1. The molecule has 0 aliphatic carbocycles. The van der Waals surface area contributed by atoms with Gasteiger partial charge in [-0.05, 0) is 17.5 Å². The molecule has 0 bridgehead atoms. The Hall–Kier alpha value is -1.92. The van der Waals surface area contributed by atoms with E-state index in [0.717, 1.165) is 11.1 Å². The highest BCUT2D eigenvalue weighted by Crippen LogP contribution is 2.03. The molecule has 118 valence electrons. The summed E-state index contributed by atoms with van der Waals surface area (Å²) in [5, 5.41) is 0. The Morgan fingerprint density at radius 1 is 1.00 bits per heavy atom. The number of benzene rings is 2. The fourth-order valence-electron chi connectivity index (χ4n) is 1.79. The van der Waals surface area contributed by atoms with Crippen LogP contribution >= 0.6 is 12.4 Å². The fourth-order valence-corrected chi connectivity index (χ4v) is 1.79. The molecule has 3 N–H and O–H groups in total. The van der Waals surface area contributed by atoms with Crippen molar-refractivity contribution in [2.24, 2.45) is 5.73 Å². The first-order valence-corrected chi connectivity index (χ1v) is 6.69. The summed E-state index contributed by atoms with van der Waals surface area (Å²) in [5.74, 6) is -0.612. The second-order valence-electron chi connectivity index (χ2n) is 4.59. The van der Waals surface area contributed by atoms with Crippen molar-refractivity contribution in [1.82, 2.24) is 5.48 Å². The first kappa shape index (κ1) is 18.1. The lowest BCUT2D eigenvalue weighted by molar-refractivity contribution is -0.311. The van der Waals surface area contributed by atoms with Crippen LogP contribution in [-0.2, 0) is 27.6 Å². The van der Waals surface area contributed by atoms with Gasteiger partial charge in [0.05, 0.1) is 0 Å². The molecule has 2 aromatic rings. The van der Waals surface area contributed by atoms with E-state index in [4.69, 9.17) is 5.73 Å². The molecule has 0 fully saturated rings. The zero-order chi connectivity index (χ0) is 14.9. The van der Waals surface area contributed by atoms with E-state index in [2.05, 4.69) is 15.4 Å². The lowest BCUT2D eigenvalue weighted by Gasteiger charge is -2.10. The number of halogens is 1. The van der Waals surface area contributed by atoms with Crippen molar-refractivity contribution in [2.75, 3.05) is 0 Å². The number of hydrogen-bond donors (Lipinski definition) is 2. The van der Waals surface area contributed by atoms with Crippen molar-refractivity contribution >= 4 is 18.4 Å². The van der Waals surface area contributed by atoms with Crippen molar-refractivity contribution in [2.45, 2.75) is 19.0 Å². The van der Waals surface area contributed by atoms with E-state index >= 15 is 0 Å². The number of nitrogens with two attached hydrogens (primary N) is 1. The Morgan fingerprint density at radius 2 is 1.55 bits per heavy atom. The third kappa shape index (κ3) is 6.24. The van der Waals surface area contributed by atoms with Crippen LogP contribution < -0.4 is 11.2 Å². The molecule has 0 saturated carbocycles. The Bertz CT molecular complexity index is 552. The van der Waals surface area contributed by atoms with Crippen LogP contribution in [0.2, 0.25) is 0 Å². The molecular weight excluding hydrogens is 304 g/mol. The standard InChI is InChI=1S/C16H18N2O3.ClH/c17-15(11-13-7-3-1-4-8-13)16(19)20-21-18-12-14-9-5-2-6-10-14;/h1-10,15,18H,11-12,17H2;1H/t15-;/m0./s1. The molecule has 6 heteroatoms. The summed E-state index contributed by atoms with van der Waals surface area (Å²) in [4.78, 5) is 20.9. The first-order chi connectivity index (χ1) is 10.3. The first-order valence-electron chi connectivity index (χ1n) is 6.69. The molecule has 2 rings (SSSR count). The van der Waals surface area contributed by atoms with Crippen molar-refractivity contribution in [3.05, 3.63) is 71.8 Å². The molecule has 5 nitrogen and oxygen atoms in total. The SMILES string of the molecule is Cl.N[C@@H](Cc1ccccc1)C(=O)OONCc1ccccc1. The third-order valence-electron chi connectivity index (χ3n) is 2.90. The molecule has 1 atom stereocenters. The molecule has 0 aliphatic heterocycles. The Kier molecular flexibility index (Phi) is 8.17. The molecule has 0 aromatic heterocycles. The van der Waals surface area contributed by atoms with E-state index < -0.39 is 12.0 Å². The van der Waals surface area contributed by atoms with Crippen LogP contribution in [0.4, 0.5) is 0 Å². The maximum absolute atomic E-state index is 11.6. The molecule has 22 heavy (non-hydrogen) atoms. The molecule has 0 heterocycles. The molecule has 0 amide bonds. The Balaban J connectivity index is 0.00000242.